The highest BCUT2D eigenvalue weighted by atomic mass is 19.1. The second-order valence-corrected chi connectivity index (χ2v) is 2.41. The normalized spacial score (nSPS) is 9.00. The van der Waals surface area contributed by atoms with Crippen molar-refractivity contribution in [2.45, 2.75) is 0 Å². The van der Waals surface area contributed by atoms with Crippen LogP contribution in [-0.2, 0) is 0 Å². The smallest absolute Gasteiger partial charge is 0.138 e. The SMILES string of the molecule is OCC#Cc1cncc(OCCF)c1. The molecule has 0 amide bonds. The average molecular weight is 195 g/mol. The minimum atomic E-state index is -0.535. The van der Waals surface area contributed by atoms with Crippen LogP contribution in [0.2, 0.25) is 0 Å². The van der Waals surface area contributed by atoms with E-state index in [9.17, 15) is 4.39 Å². The summed E-state index contributed by atoms with van der Waals surface area (Å²) >= 11 is 0. The zero-order chi connectivity index (χ0) is 10.2. The monoisotopic (exact) mass is 195 g/mol. The maximum absolute atomic E-state index is 11.8. The molecule has 0 aliphatic carbocycles. The number of hydrogen-bond donors (Lipinski definition) is 1. The number of nitrogens with zero attached hydrogens (tertiary/aromatic N) is 1. The number of aliphatic hydroxyl groups excluding tert-OH is 1. The number of aliphatic hydroxyl groups is 1. The van der Waals surface area contributed by atoms with Gasteiger partial charge in [-0.1, -0.05) is 11.8 Å². The van der Waals surface area contributed by atoms with Crippen LogP contribution in [0.1, 0.15) is 5.56 Å². The van der Waals surface area contributed by atoms with Crippen LogP contribution in [0.3, 0.4) is 0 Å². The second kappa shape index (κ2) is 5.95. The van der Waals surface area contributed by atoms with Crippen LogP contribution in [0.15, 0.2) is 18.5 Å². The second-order valence-electron chi connectivity index (χ2n) is 2.41. The molecular weight excluding hydrogens is 185 g/mol. The van der Waals surface area contributed by atoms with Gasteiger partial charge in [0.1, 0.15) is 25.6 Å². The zero-order valence-corrected chi connectivity index (χ0v) is 7.53. The van der Waals surface area contributed by atoms with Crippen LogP contribution < -0.4 is 4.74 Å². The van der Waals surface area contributed by atoms with E-state index in [0.717, 1.165) is 0 Å². The van der Waals surface area contributed by atoms with Crippen LogP contribution in [0.4, 0.5) is 4.39 Å². The van der Waals surface area contributed by atoms with Gasteiger partial charge in [-0.2, -0.15) is 0 Å². The van der Waals surface area contributed by atoms with Gasteiger partial charge < -0.3 is 9.84 Å². The van der Waals surface area contributed by atoms with Crippen molar-refractivity contribution in [3.8, 4) is 17.6 Å². The molecule has 0 spiro atoms. The summed E-state index contributed by atoms with van der Waals surface area (Å²) in [4.78, 5) is 3.86. The molecule has 0 aliphatic heterocycles. The number of rotatable bonds is 3. The Morgan fingerprint density at radius 2 is 2.36 bits per heavy atom. The number of alkyl halides is 1. The number of halogens is 1. The molecular formula is C10H10FNO2. The summed E-state index contributed by atoms with van der Waals surface area (Å²) in [6.45, 7) is -0.722. The predicted molar refractivity (Wildman–Crippen MR) is 49.7 cm³/mol. The molecule has 1 N–H and O–H groups in total. The van der Waals surface area contributed by atoms with Crippen LogP contribution in [-0.4, -0.2) is 30.0 Å². The van der Waals surface area contributed by atoms with Gasteiger partial charge in [0, 0.05) is 11.8 Å². The predicted octanol–water partition coefficient (Wildman–Crippen LogP) is 0.774. The van der Waals surface area contributed by atoms with Crippen molar-refractivity contribution in [1.29, 1.82) is 0 Å². The van der Waals surface area contributed by atoms with Gasteiger partial charge in [-0.25, -0.2) is 4.39 Å². The van der Waals surface area contributed by atoms with Gasteiger partial charge in [0.05, 0.1) is 6.20 Å². The molecule has 0 fully saturated rings. The van der Waals surface area contributed by atoms with Gasteiger partial charge in [-0.3, -0.25) is 4.98 Å². The largest absolute Gasteiger partial charge is 0.489 e. The zero-order valence-electron chi connectivity index (χ0n) is 7.53. The Kier molecular flexibility index (Phi) is 4.45. The van der Waals surface area contributed by atoms with Crippen molar-refractivity contribution in [2.24, 2.45) is 0 Å². The molecule has 1 heterocycles. The van der Waals surface area contributed by atoms with E-state index in [-0.39, 0.29) is 13.2 Å². The van der Waals surface area contributed by atoms with Gasteiger partial charge in [-0.15, -0.1) is 0 Å². The average Bonchev–Trinajstić information content (AvgIpc) is 2.24. The Bertz CT molecular complexity index is 343. The first-order valence-electron chi connectivity index (χ1n) is 4.10. The highest BCUT2D eigenvalue weighted by Gasteiger charge is 1.94. The van der Waals surface area contributed by atoms with Gasteiger partial charge in [0.25, 0.3) is 0 Å². The van der Waals surface area contributed by atoms with E-state index < -0.39 is 6.67 Å². The Balaban J connectivity index is 2.68. The molecule has 0 unspecified atom stereocenters. The summed E-state index contributed by atoms with van der Waals surface area (Å²) in [6.07, 6.45) is 3.03. The van der Waals surface area contributed by atoms with Crippen molar-refractivity contribution in [3.05, 3.63) is 24.0 Å². The third kappa shape index (κ3) is 3.42. The molecule has 0 saturated heterocycles. The third-order valence-electron chi connectivity index (χ3n) is 1.37. The van der Waals surface area contributed by atoms with E-state index in [0.29, 0.717) is 11.3 Å². The number of aromatic nitrogens is 1. The molecule has 3 nitrogen and oxygen atoms in total. The maximum atomic E-state index is 11.8. The standard InChI is InChI=1S/C10H10FNO2/c11-3-5-14-10-6-9(2-1-4-13)7-12-8-10/h6-8,13H,3-5H2. The molecule has 0 aromatic carbocycles. The fourth-order valence-corrected chi connectivity index (χ4v) is 0.864. The molecule has 1 rings (SSSR count). The third-order valence-corrected chi connectivity index (χ3v) is 1.37. The lowest BCUT2D eigenvalue weighted by Crippen LogP contribution is -1.99. The van der Waals surface area contributed by atoms with E-state index in [4.69, 9.17) is 9.84 Å². The lowest BCUT2D eigenvalue weighted by Gasteiger charge is -2.02. The Labute approximate surface area is 81.5 Å². The van der Waals surface area contributed by atoms with E-state index in [1.807, 2.05) is 0 Å². The van der Waals surface area contributed by atoms with Crippen LogP contribution in [0, 0.1) is 11.8 Å². The van der Waals surface area contributed by atoms with Crippen LogP contribution in [0.5, 0.6) is 5.75 Å². The van der Waals surface area contributed by atoms with Crippen LogP contribution >= 0.6 is 0 Å². The summed E-state index contributed by atoms with van der Waals surface area (Å²) in [5.41, 5.74) is 0.635. The Hall–Kier alpha value is -1.60. The van der Waals surface area contributed by atoms with Crippen molar-refractivity contribution >= 4 is 0 Å². The first-order valence-corrected chi connectivity index (χ1v) is 4.10. The van der Waals surface area contributed by atoms with E-state index in [1.54, 1.807) is 12.3 Å². The fourth-order valence-electron chi connectivity index (χ4n) is 0.864. The summed E-state index contributed by atoms with van der Waals surface area (Å²) in [7, 11) is 0. The van der Waals surface area contributed by atoms with Gasteiger partial charge in [0.15, 0.2) is 0 Å². The van der Waals surface area contributed by atoms with Gasteiger partial charge >= 0.3 is 0 Å². The highest BCUT2D eigenvalue weighted by Crippen LogP contribution is 2.09. The van der Waals surface area contributed by atoms with E-state index in [2.05, 4.69) is 16.8 Å². The maximum Gasteiger partial charge on any atom is 0.138 e. The summed E-state index contributed by atoms with van der Waals surface area (Å²) < 4.78 is 16.8. The molecule has 1 aromatic rings. The van der Waals surface area contributed by atoms with Gasteiger partial charge in [0.2, 0.25) is 0 Å². The molecule has 0 saturated carbocycles. The summed E-state index contributed by atoms with van der Waals surface area (Å²) in [5.74, 6) is 5.64. The molecule has 0 atom stereocenters. The number of hydrogen-bond acceptors (Lipinski definition) is 3. The molecule has 14 heavy (non-hydrogen) atoms. The highest BCUT2D eigenvalue weighted by molar-refractivity contribution is 5.36. The first kappa shape index (κ1) is 10.5. The lowest BCUT2D eigenvalue weighted by atomic mass is 10.3. The van der Waals surface area contributed by atoms with Gasteiger partial charge in [-0.05, 0) is 6.07 Å². The van der Waals surface area contributed by atoms with Crippen LogP contribution in [0.25, 0.3) is 0 Å². The molecule has 0 radical (unpaired) electrons. The Morgan fingerprint density at radius 1 is 1.50 bits per heavy atom. The summed E-state index contributed by atoms with van der Waals surface area (Å²) in [6, 6.07) is 1.64. The quantitative estimate of drug-likeness (QED) is 0.724. The fraction of sp³-hybridized carbons (Fsp3) is 0.300. The topological polar surface area (TPSA) is 42.4 Å². The molecule has 0 bridgehead atoms. The van der Waals surface area contributed by atoms with Crippen molar-refractivity contribution in [1.82, 2.24) is 4.98 Å². The molecule has 4 heteroatoms. The number of pyridine rings is 1. The minimum absolute atomic E-state index is 0.0125. The van der Waals surface area contributed by atoms with Crippen molar-refractivity contribution < 1.29 is 14.2 Å². The Morgan fingerprint density at radius 3 is 3.07 bits per heavy atom. The number of ether oxygens (including phenoxy) is 1. The van der Waals surface area contributed by atoms with Crippen molar-refractivity contribution in [2.75, 3.05) is 19.9 Å². The molecule has 74 valence electrons. The lowest BCUT2D eigenvalue weighted by molar-refractivity contribution is 0.272. The van der Waals surface area contributed by atoms with Crippen molar-refractivity contribution in [3.63, 3.8) is 0 Å². The van der Waals surface area contributed by atoms with E-state index >= 15 is 0 Å². The minimum Gasteiger partial charge on any atom is -0.489 e. The summed E-state index contributed by atoms with van der Waals surface area (Å²) in [5, 5.41) is 8.46. The van der Waals surface area contributed by atoms with E-state index in [1.165, 1.54) is 6.20 Å². The molecule has 0 aliphatic rings. The first-order chi connectivity index (χ1) is 6.86. The molecule has 1 aromatic heterocycles.